The predicted octanol–water partition coefficient (Wildman–Crippen LogP) is -0.304. The smallest absolute Gasteiger partial charge is 0.225 e. The number of likely N-dealkylation sites (N-methyl/N-ethyl adjacent to an activating group) is 1. The molecular formula is C11H20N2O3. The van der Waals surface area contributed by atoms with E-state index in [2.05, 4.69) is 0 Å². The standard InChI is InChI=1S/C11H20N2O3/c1-9(15)13-5-3-10(4-6-13)11(16)12(2)7-8-14/h10,14H,3-8H2,1-2H3. The summed E-state index contributed by atoms with van der Waals surface area (Å²) in [5.41, 5.74) is 0. The molecule has 0 saturated carbocycles. The van der Waals surface area contributed by atoms with Gasteiger partial charge in [-0.15, -0.1) is 0 Å². The van der Waals surface area contributed by atoms with Crippen molar-refractivity contribution in [3.05, 3.63) is 0 Å². The fourth-order valence-corrected chi connectivity index (χ4v) is 2.01. The van der Waals surface area contributed by atoms with Crippen molar-refractivity contribution >= 4 is 11.8 Å². The second-order valence-electron chi connectivity index (χ2n) is 4.26. The summed E-state index contributed by atoms with van der Waals surface area (Å²) in [4.78, 5) is 26.3. The Morgan fingerprint density at radius 3 is 2.38 bits per heavy atom. The molecule has 1 saturated heterocycles. The summed E-state index contributed by atoms with van der Waals surface area (Å²) in [6.07, 6.45) is 1.46. The first kappa shape index (κ1) is 13.0. The van der Waals surface area contributed by atoms with Crippen molar-refractivity contribution in [2.45, 2.75) is 19.8 Å². The molecule has 5 heteroatoms. The van der Waals surface area contributed by atoms with Crippen LogP contribution in [0, 0.1) is 5.92 Å². The number of nitrogens with zero attached hydrogens (tertiary/aromatic N) is 2. The van der Waals surface area contributed by atoms with E-state index in [9.17, 15) is 9.59 Å². The van der Waals surface area contributed by atoms with Crippen molar-refractivity contribution in [2.24, 2.45) is 5.92 Å². The van der Waals surface area contributed by atoms with Gasteiger partial charge in [-0.05, 0) is 12.8 Å². The summed E-state index contributed by atoms with van der Waals surface area (Å²) < 4.78 is 0. The Labute approximate surface area is 96.0 Å². The highest BCUT2D eigenvalue weighted by atomic mass is 16.3. The van der Waals surface area contributed by atoms with E-state index in [1.54, 1.807) is 23.8 Å². The molecule has 0 aromatic rings. The number of amides is 2. The van der Waals surface area contributed by atoms with Crippen LogP contribution in [0.15, 0.2) is 0 Å². The highest BCUT2D eigenvalue weighted by molar-refractivity contribution is 5.79. The lowest BCUT2D eigenvalue weighted by molar-refractivity contribution is -0.139. The lowest BCUT2D eigenvalue weighted by Gasteiger charge is -2.32. The van der Waals surface area contributed by atoms with Gasteiger partial charge >= 0.3 is 0 Å². The zero-order chi connectivity index (χ0) is 12.1. The van der Waals surface area contributed by atoms with Gasteiger partial charge in [0, 0.05) is 39.5 Å². The normalized spacial score (nSPS) is 17.3. The van der Waals surface area contributed by atoms with Crippen LogP contribution >= 0.6 is 0 Å². The van der Waals surface area contributed by atoms with Crippen LogP contribution in [0.4, 0.5) is 0 Å². The molecule has 0 spiro atoms. The van der Waals surface area contributed by atoms with Gasteiger partial charge in [0.2, 0.25) is 11.8 Å². The molecule has 0 aromatic carbocycles. The van der Waals surface area contributed by atoms with Gasteiger partial charge in [0.15, 0.2) is 0 Å². The molecule has 0 bridgehead atoms. The van der Waals surface area contributed by atoms with Crippen LogP contribution in [0.5, 0.6) is 0 Å². The van der Waals surface area contributed by atoms with Crippen molar-refractivity contribution in [3.63, 3.8) is 0 Å². The first-order valence-electron chi connectivity index (χ1n) is 5.67. The molecule has 0 aromatic heterocycles. The molecule has 2 amide bonds. The minimum absolute atomic E-state index is 0.00543. The first-order valence-corrected chi connectivity index (χ1v) is 5.67. The second-order valence-corrected chi connectivity index (χ2v) is 4.26. The maximum absolute atomic E-state index is 11.9. The van der Waals surface area contributed by atoms with Gasteiger partial charge < -0.3 is 14.9 Å². The number of aliphatic hydroxyl groups excluding tert-OH is 1. The number of rotatable bonds is 3. The molecular weight excluding hydrogens is 208 g/mol. The van der Waals surface area contributed by atoms with Crippen molar-refractivity contribution in [2.75, 3.05) is 33.3 Å². The van der Waals surface area contributed by atoms with Gasteiger partial charge in [-0.2, -0.15) is 0 Å². The summed E-state index contributed by atoms with van der Waals surface area (Å²) in [7, 11) is 1.70. The zero-order valence-corrected chi connectivity index (χ0v) is 9.98. The summed E-state index contributed by atoms with van der Waals surface area (Å²) in [6, 6.07) is 0. The number of carbonyl (C=O) groups excluding carboxylic acids is 2. The Kier molecular flexibility index (Phi) is 4.73. The fourth-order valence-electron chi connectivity index (χ4n) is 2.01. The maximum atomic E-state index is 11.9. The Morgan fingerprint density at radius 2 is 1.94 bits per heavy atom. The molecule has 1 aliphatic heterocycles. The first-order chi connectivity index (χ1) is 7.56. The van der Waals surface area contributed by atoms with Crippen molar-refractivity contribution in [3.8, 4) is 0 Å². The molecule has 92 valence electrons. The minimum atomic E-state index is -0.00543. The van der Waals surface area contributed by atoms with Crippen LogP contribution < -0.4 is 0 Å². The highest BCUT2D eigenvalue weighted by Crippen LogP contribution is 2.19. The molecule has 1 fully saturated rings. The van der Waals surface area contributed by atoms with E-state index in [4.69, 9.17) is 5.11 Å². The topological polar surface area (TPSA) is 60.9 Å². The van der Waals surface area contributed by atoms with E-state index in [-0.39, 0.29) is 24.3 Å². The Morgan fingerprint density at radius 1 is 1.38 bits per heavy atom. The summed E-state index contributed by atoms with van der Waals surface area (Å²) in [5, 5.41) is 8.75. The second kappa shape index (κ2) is 5.84. The van der Waals surface area contributed by atoms with Gasteiger partial charge in [0.05, 0.1) is 6.61 Å². The average molecular weight is 228 g/mol. The molecule has 1 N–H and O–H groups in total. The van der Waals surface area contributed by atoms with Gasteiger partial charge in [-0.1, -0.05) is 0 Å². The molecule has 0 aliphatic carbocycles. The van der Waals surface area contributed by atoms with E-state index in [0.717, 1.165) is 12.8 Å². The van der Waals surface area contributed by atoms with Gasteiger partial charge in [-0.25, -0.2) is 0 Å². The van der Waals surface area contributed by atoms with Crippen LogP contribution in [0.25, 0.3) is 0 Å². The van der Waals surface area contributed by atoms with E-state index < -0.39 is 0 Å². The Balaban J connectivity index is 2.41. The number of hydrogen-bond donors (Lipinski definition) is 1. The SMILES string of the molecule is CC(=O)N1CCC(C(=O)N(C)CCO)CC1. The number of likely N-dealkylation sites (tertiary alicyclic amines) is 1. The largest absolute Gasteiger partial charge is 0.395 e. The lowest BCUT2D eigenvalue weighted by atomic mass is 9.95. The van der Waals surface area contributed by atoms with Gasteiger partial charge in [0.25, 0.3) is 0 Å². The minimum Gasteiger partial charge on any atom is -0.395 e. The van der Waals surface area contributed by atoms with Crippen molar-refractivity contribution < 1.29 is 14.7 Å². The number of piperidine rings is 1. The molecule has 1 heterocycles. The molecule has 0 atom stereocenters. The average Bonchev–Trinajstić information content (AvgIpc) is 2.28. The molecule has 0 radical (unpaired) electrons. The summed E-state index contributed by atoms with van der Waals surface area (Å²) >= 11 is 0. The van der Waals surface area contributed by atoms with E-state index in [1.807, 2.05) is 0 Å². The number of aliphatic hydroxyl groups is 1. The molecule has 5 nitrogen and oxygen atoms in total. The Bertz CT molecular complexity index is 260. The Hall–Kier alpha value is -1.10. The number of hydrogen-bond acceptors (Lipinski definition) is 3. The number of carbonyl (C=O) groups is 2. The lowest BCUT2D eigenvalue weighted by Crippen LogP contribution is -2.43. The van der Waals surface area contributed by atoms with Gasteiger partial charge in [-0.3, -0.25) is 9.59 Å². The molecule has 16 heavy (non-hydrogen) atoms. The maximum Gasteiger partial charge on any atom is 0.225 e. The summed E-state index contributed by atoms with van der Waals surface area (Å²) in [6.45, 7) is 3.26. The van der Waals surface area contributed by atoms with Gasteiger partial charge in [0.1, 0.15) is 0 Å². The molecule has 1 aliphatic rings. The fraction of sp³-hybridized carbons (Fsp3) is 0.818. The third kappa shape index (κ3) is 3.20. The van der Waals surface area contributed by atoms with Crippen LogP contribution in [-0.4, -0.2) is 60.0 Å². The third-order valence-corrected chi connectivity index (χ3v) is 3.10. The van der Waals surface area contributed by atoms with Crippen LogP contribution in [0.2, 0.25) is 0 Å². The predicted molar refractivity (Wildman–Crippen MR) is 59.7 cm³/mol. The van der Waals surface area contributed by atoms with E-state index in [0.29, 0.717) is 19.6 Å². The quantitative estimate of drug-likeness (QED) is 0.721. The van der Waals surface area contributed by atoms with Crippen LogP contribution in [0.3, 0.4) is 0 Å². The van der Waals surface area contributed by atoms with Crippen molar-refractivity contribution in [1.82, 2.24) is 9.80 Å². The molecule has 1 rings (SSSR count). The van der Waals surface area contributed by atoms with E-state index in [1.165, 1.54) is 0 Å². The van der Waals surface area contributed by atoms with E-state index >= 15 is 0 Å². The van der Waals surface area contributed by atoms with Crippen LogP contribution in [-0.2, 0) is 9.59 Å². The monoisotopic (exact) mass is 228 g/mol. The molecule has 0 unspecified atom stereocenters. The zero-order valence-electron chi connectivity index (χ0n) is 9.98. The van der Waals surface area contributed by atoms with Crippen LogP contribution in [0.1, 0.15) is 19.8 Å². The highest BCUT2D eigenvalue weighted by Gasteiger charge is 2.27. The third-order valence-electron chi connectivity index (χ3n) is 3.10. The van der Waals surface area contributed by atoms with Crippen molar-refractivity contribution in [1.29, 1.82) is 0 Å². The summed E-state index contributed by atoms with van der Waals surface area (Å²) in [5.74, 6) is 0.166.